The van der Waals surface area contributed by atoms with Crippen LogP contribution >= 0.6 is 0 Å². The molecule has 1 N–H and O–H groups in total. The average molecular weight is 359 g/mol. The standard InChI is InChI=1S/C23H21NO3/c1-26-19-10-9-17-14-16(6-8-18(17)15-19)7-11-23(25)24-21-12-13-27-22-5-3-2-4-20(21)22/h2-11,14-15,21H,12-13H2,1H3,(H,24,25)/b11-7+/t21-/m1/s1. The van der Waals surface area contributed by atoms with E-state index in [1.807, 2.05) is 60.7 Å². The number of benzene rings is 3. The summed E-state index contributed by atoms with van der Waals surface area (Å²) in [7, 11) is 1.66. The van der Waals surface area contributed by atoms with Gasteiger partial charge in [0.2, 0.25) is 5.91 Å². The molecule has 1 heterocycles. The van der Waals surface area contributed by atoms with Crippen LogP contribution in [0.2, 0.25) is 0 Å². The van der Waals surface area contributed by atoms with Crippen LogP contribution in [0, 0.1) is 0 Å². The Hall–Kier alpha value is -3.27. The van der Waals surface area contributed by atoms with Crippen LogP contribution in [-0.2, 0) is 4.79 Å². The fraction of sp³-hybridized carbons (Fsp3) is 0.174. The van der Waals surface area contributed by atoms with E-state index in [0.29, 0.717) is 6.61 Å². The predicted octanol–water partition coefficient (Wildman–Crippen LogP) is 4.50. The Morgan fingerprint density at radius 2 is 1.93 bits per heavy atom. The van der Waals surface area contributed by atoms with Crippen molar-refractivity contribution in [2.45, 2.75) is 12.5 Å². The first-order chi connectivity index (χ1) is 13.2. The number of para-hydroxylation sites is 1. The van der Waals surface area contributed by atoms with E-state index in [1.54, 1.807) is 13.2 Å². The summed E-state index contributed by atoms with van der Waals surface area (Å²) in [4.78, 5) is 12.4. The van der Waals surface area contributed by atoms with E-state index in [0.717, 1.165) is 39.8 Å². The van der Waals surface area contributed by atoms with Gasteiger partial charge in [0.05, 0.1) is 19.8 Å². The zero-order valence-corrected chi connectivity index (χ0v) is 15.1. The largest absolute Gasteiger partial charge is 0.497 e. The van der Waals surface area contributed by atoms with Gasteiger partial charge in [-0.3, -0.25) is 4.79 Å². The molecule has 0 spiro atoms. The Labute approximate surface area is 158 Å². The van der Waals surface area contributed by atoms with E-state index in [1.165, 1.54) is 0 Å². The molecule has 3 aromatic rings. The molecule has 0 fully saturated rings. The third kappa shape index (κ3) is 3.80. The van der Waals surface area contributed by atoms with Gasteiger partial charge in [0.15, 0.2) is 0 Å². The molecule has 0 radical (unpaired) electrons. The third-order valence-corrected chi connectivity index (χ3v) is 4.77. The molecule has 0 saturated heterocycles. The Balaban J connectivity index is 1.47. The Kier molecular flexibility index (Phi) is 4.79. The number of amides is 1. The highest BCUT2D eigenvalue weighted by molar-refractivity contribution is 5.93. The van der Waals surface area contributed by atoms with Crippen molar-refractivity contribution in [1.29, 1.82) is 0 Å². The zero-order chi connectivity index (χ0) is 18.6. The molecule has 4 nitrogen and oxygen atoms in total. The lowest BCUT2D eigenvalue weighted by Crippen LogP contribution is -2.30. The van der Waals surface area contributed by atoms with Crippen molar-refractivity contribution in [1.82, 2.24) is 5.32 Å². The maximum Gasteiger partial charge on any atom is 0.244 e. The predicted molar refractivity (Wildman–Crippen MR) is 107 cm³/mol. The Morgan fingerprint density at radius 1 is 1.11 bits per heavy atom. The summed E-state index contributed by atoms with van der Waals surface area (Å²) in [6.07, 6.45) is 4.20. The molecule has 0 bridgehead atoms. The molecule has 1 amide bonds. The van der Waals surface area contributed by atoms with Crippen molar-refractivity contribution < 1.29 is 14.3 Å². The van der Waals surface area contributed by atoms with Gasteiger partial charge in [-0.1, -0.05) is 36.4 Å². The molecule has 0 aromatic heterocycles. The molecule has 1 aliphatic heterocycles. The molecule has 1 aliphatic rings. The topological polar surface area (TPSA) is 47.6 Å². The van der Waals surface area contributed by atoms with Crippen LogP contribution in [0.5, 0.6) is 11.5 Å². The lowest BCUT2D eigenvalue weighted by Gasteiger charge is -2.26. The normalized spacial score (nSPS) is 16.0. The van der Waals surface area contributed by atoms with Crippen LogP contribution in [0.15, 0.2) is 66.7 Å². The molecule has 1 atom stereocenters. The summed E-state index contributed by atoms with van der Waals surface area (Å²) >= 11 is 0. The van der Waals surface area contributed by atoms with Crippen LogP contribution in [-0.4, -0.2) is 19.6 Å². The summed E-state index contributed by atoms with van der Waals surface area (Å²) in [6.45, 7) is 0.611. The second-order valence-electron chi connectivity index (χ2n) is 6.54. The Morgan fingerprint density at radius 3 is 2.81 bits per heavy atom. The van der Waals surface area contributed by atoms with Gasteiger partial charge < -0.3 is 14.8 Å². The number of carbonyl (C=O) groups excluding carboxylic acids is 1. The second-order valence-corrected chi connectivity index (χ2v) is 6.54. The van der Waals surface area contributed by atoms with Gasteiger partial charge in [0, 0.05) is 18.1 Å². The van der Waals surface area contributed by atoms with Crippen molar-refractivity contribution in [3.63, 3.8) is 0 Å². The first kappa shape index (κ1) is 17.2. The summed E-state index contributed by atoms with van der Waals surface area (Å²) < 4.78 is 10.9. The van der Waals surface area contributed by atoms with Crippen LogP contribution in [0.1, 0.15) is 23.6 Å². The summed E-state index contributed by atoms with van der Waals surface area (Å²) in [5, 5.41) is 5.29. The van der Waals surface area contributed by atoms with E-state index >= 15 is 0 Å². The number of hydrogen-bond donors (Lipinski definition) is 1. The monoisotopic (exact) mass is 359 g/mol. The van der Waals surface area contributed by atoms with Crippen molar-refractivity contribution in [2.75, 3.05) is 13.7 Å². The minimum Gasteiger partial charge on any atom is -0.497 e. The van der Waals surface area contributed by atoms with E-state index in [4.69, 9.17) is 9.47 Å². The van der Waals surface area contributed by atoms with E-state index in [9.17, 15) is 4.79 Å². The van der Waals surface area contributed by atoms with Crippen LogP contribution in [0.4, 0.5) is 0 Å². The SMILES string of the molecule is COc1ccc2cc(/C=C/C(=O)N[C@@H]3CCOc4ccccc43)ccc2c1. The van der Waals surface area contributed by atoms with Gasteiger partial charge in [-0.2, -0.15) is 0 Å². The number of ether oxygens (including phenoxy) is 2. The van der Waals surface area contributed by atoms with Crippen molar-refractivity contribution >= 4 is 22.8 Å². The first-order valence-electron chi connectivity index (χ1n) is 9.01. The maximum atomic E-state index is 12.4. The van der Waals surface area contributed by atoms with Crippen LogP contribution < -0.4 is 14.8 Å². The van der Waals surface area contributed by atoms with E-state index in [2.05, 4.69) is 11.4 Å². The van der Waals surface area contributed by atoms with Crippen molar-refractivity contribution in [2.24, 2.45) is 0 Å². The molecule has 136 valence electrons. The van der Waals surface area contributed by atoms with Gasteiger partial charge in [0.1, 0.15) is 11.5 Å². The fourth-order valence-corrected chi connectivity index (χ4v) is 3.36. The third-order valence-electron chi connectivity index (χ3n) is 4.77. The first-order valence-corrected chi connectivity index (χ1v) is 9.01. The fourth-order valence-electron chi connectivity index (χ4n) is 3.36. The van der Waals surface area contributed by atoms with Gasteiger partial charge in [-0.15, -0.1) is 0 Å². The summed E-state index contributed by atoms with van der Waals surface area (Å²) in [5.74, 6) is 1.58. The number of hydrogen-bond acceptors (Lipinski definition) is 3. The van der Waals surface area contributed by atoms with E-state index < -0.39 is 0 Å². The van der Waals surface area contributed by atoms with Gasteiger partial charge >= 0.3 is 0 Å². The lowest BCUT2D eigenvalue weighted by atomic mass is 10.0. The van der Waals surface area contributed by atoms with Gasteiger partial charge in [-0.25, -0.2) is 0 Å². The number of carbonyl (C=O) groups is 1. The molecule has 27 heavy (non-hydrogen) atoms. The zero-order valence-electron chi connectivity index (χ0n) is 15.1. The van der Waals surface area contributed by atoms with Gasteiger partial charge in [0.25, 0.3) is 0 Å². The van der Waals surface area contributed by atoms with Crippen molar-refractivity contribution in [3.8, 4) is 11.5 Å². The number of methoxy groups -OCH3 is 1. The molecule has 3 aromatic carbocycles. The molecule has 0 saturated carbocycles. The number of fused-ring (bicyclic) bond motifs is 2. The molecular weight excluding hydrogens is 338 g/mol. The number of nitrogens with one attached hydrogen (secondary N) is 1. The molecule has 0 unspecified atom stereocenters. The van der Waals surface area contributed by atoms with Crippen molar-refractivity contribution in [3.05, 3.63) is 77.9 Å². The molecule has 4 rings (SSSR count). The highest BCUT2D eigenvalue weighted by atomic mass is 16.5. The molecule has 4 heteroatoms. The Bertz CT molecular complexity index is 1010. The lowest BCUT2D eigenvalue weighted by molar-refractivity contribution is -0.117. The van der Waals surface area contributed by atoms with E-state index in [-0.39, 0.29) is 11.9 Å². The average Bonchev–Trinajstić information content (AvgIpc) is 2.72. The van der Waals surface area contributed by atoms with Crippen LogP contribution in [0.3, 0.4) is 0 Å². The van der Waals surface area contributed by atoms with Crippen LogP contribution in [0.25, 0.3) is 16.8 Å². The summed E-state index contributed by atoms with van der Waals surface area (Å²) in [5.41, 5.74) is 2.01. The minimum atomic E-state index is -0.105. The minimum absolute atomic E-state index is 0.0174. The highest BCUT2D eigenvalue weighted by Gasteiger charge is 2.21. The summed E-state index contributed by atoms with van der Waals surface area (Å²) in [6, 6.07) is 19.9. The quantitative estimate of drug-likeness (QED) is 0.698. The maximum absolute atomic E-state index is 12.4. The second kappa shape index (κ2) is 7.54. The number of rotatable bonds is 4. The smallest absolute Gasteiger partial charge is 0.244 e. The molecule has 0 aliphatic carbocycles. The van der Waals surface area contributed by atoms with Gasteiger partial charge in [-0.05, 0) is 46.7 Å². The highest BCUT2D eigenvalue weighted by Crippen LogP contribution is 2.31. The molecular formula is C23H21NO3.